The van der Waals surface area contributed by atoms with E-state index in [4.69, 9.17) is 20.6 Å². The predicted molar refractivity (Wildman–Crippen MR) is 269 cm³/mol. The fraction of sp³-hybridized carbons (Fsp3) is 0.449. The number of aromatic nitrogens is 1. The second-order valence-electron chi connectivity index (χ2n) is 19.1. The first-order valence-corrected chi connectivity index (χ1v) is 24.7. The molecule has 5 heterocycles. The number of benzene rings is 3. The lowest BCUT2D eigenvalue weighted by Crippen LogP contribution is -2.70. The van der Waals surface area contributed by atoms with Crippen LogP contribution in [0.1, 0.15) is 24.0 Å². The van der Waals surface area contributed by atoms with E-state index in [2.05, 4.69) is 52.2 Å². The molecule has 0 aliphatic carbocycles. The normalized spacial score (nSPS) is 30.0. The molecule has 0 bridgehead atoms. The summed E-state index contributed by atoms with van der Waals surface area (Å²) in [6, 6.07) is 6.29. The van der Waals surface area contributed by atoms with Gasteiger partial charge in [-0.05, 0) is 41.5 Å². The zero-order valence-electron chi connectivity index (χ0n) is 41.5. The summed E-state index contributed by atoms with van der Waals surface area (Å²) < 4.78 is 25.9. The number of halogens is 1. The highest BCUT2D eigenvalue weighted by atomic mass is 19.1. The smallest absolute Gasteiger partial charge is 0.246 e. The molecule has 4 aliphatic rings. The molecule has 4 aromatic rings. The topological polar surface area (TPSA) is 443 Å². The van der Waals surface area contributed by atoms with Crippen molar-refractivity contribution >= 4 is 58.5 Å². The summed E-state index contributed by atoms with van der Waals surface area (Å²) in [5, 5.41) is 94.0. The molecule has 78 heavy (non-hydrogen) atoms. The lowest BCUT2D eigenvalue weighted by molar-refractivity contribution is -0.260. The number of nitrogens with one attached hydrogen (secondary N) is 7. The van der Waals surface area contributed by atoms with Crippen molar-refractivity contribution in [3.8, 4) is 11.5 Å². The number of fused-ring (bicyclic) bond motifs is 1. The maximum absolute atomic E-state index is 15.0. The van der Waals surface area contributed by atoms with Gasteiger partial charge in [-0.2, -0.15) is 0 Å². The molecule has 0 unspecified atom stereocenters. The van der Waals surface area contributed by atoms with E-state index < -0.39 is 165 Å². The number of oxazole rings is 1. The van der Waals surface area contributed by atoms with Crippen LogP contribution in [0.2, 0.25) is 0 Å². The molecular weight excluding hydrogens is 1030 g/mol. The van der Waals surface area contributed by atoms with E-state index in [1.54, 1.807) is 55.5 Å². The fourth-order valence-corrected chi connectivity index (χ4v) is 9.55. The van der Waals surface area contributed by atoms with E-state index in [1.807, 2.05) is 0 Å². The molecule has 0 saturated carbocycles. The van der Waals surface area contributed by atoms with Gasteiger partial charge in [0.15, 0.2) is 23.7 Å². The molecular formula is C49H60FN13O15. The van der Waals surface area contributed by atoms with Gasteiger partial charge in [0.25, 0.3) is 0 Å². The Morgan fingerprint density at radius 2 is 1.41 bits per heavy atom. The number of aliphatic hydroxyl groups is 7. The summed E-state index contributed by atoms with van der Waals surface area (Å²) in [7, 11) is 0. The summed E-state index contributed by atoms with van der Waals surface area (Å²) in [5.41, 5.74) is 13.8. The molecule has 1 aromatic heterocycles. The first-order chi connectivity index (χ1) is 37.3. The average molecular weight is 1090 g/mol. The van der Waals surface area contributed by atoms with Gasteiger partial charge in [0.1, 0.15) is 78.2 Å². The molecule has 8 rings (SSSR count). The van der Waals surface area contributed by atoms with Crippen molar-refractivity contribution in [2.24, 2.45) is 21.5 Å². The molecule has 0 radical (unpaired) electrons. The number of carbonyl (C=O) groups is 6. The molecule has 2 fully saturated rings. The van der Waals surface area contributed by atoms with E-state index in [-0.39, 0.29) is 30.4 Å². The Bertz CT molecular complexity index is 2930. The number of rotatable bonds is 12. The van der Waals surface area contributed by atoms with Crippen LogP contribution in [0.25, 0.3) is 22.6 Å². The maximum Gasteiger partial charge on any atom is 0.246 e. The van der Waals surface area contributed by atoms with Gasteiger partial charge in [0.05, 0.1) is 44.9 Å². The average Bonchev–Trinajstić information content (AvgIpc) is 4.27. The van der Waals surface area contributed by atoms with Crippen LogP contribution in [-0.4, -0.2) is 211 Å². The number of nitrogens with two attached hydrogens (primary N) is 2. The number of aliphatic hydroxyl groups excluding tert-OH is 7. The first kappa shape index (κ1) is 56.3. The van der Waals surface area contributed by atoms with Gasteiger partial charge >= 0.3 is 0 Å². The molecule has 4 aliphatic heterocycles. The van der Waals surface area contributed by atoms with E-state index in [9.17, 15) is 64.1 Å². The van der Waals surface area contributed by atoms with Gasteiger partial charge in [-0.25, -0.2) is 9.37 Å². The summed E-state index contributed by atoms with van der Waals surface area (Å²) >= 11 is 0. The van der Waals surface area contributed by atoms with Crippen LogP contribution >= 0.6 is 0 Å². The van der Waals surface area contributed by atoms with Gasteiger partial charge in [0.2, 0.25) is 41.3 Å². The monoisotopic (exact) mass is 1090 g/mol. The number of amides is 6. The van der Waals surface area contributed by atoms with E-state index >= 15 is 4.79 Å². The van der Waals surface area contributed by atoms with Crippen molar-refractivity contribution < 1.29 is 78.1 Å². The molecule has 3 aromatic carbocycles. The third kappa shape index (κ3) is 12.3. The van der Waals surface area contributed by atoms with Crippen molar-refractivity contribution in [1.82, 2.24) is 47.1 Å². The minimum atomic E-state index is -2.29. The highest BCUT2D eigenvalue weighted by Gasteiger charge is 2.52. The van der Waals surface area contributed by atoms with Crippen molar-refractivity contribution in [3.05, 3.63) is 89.7 Å². The molecule has 0 spiro atoms. The Kier molecular flexibility index (Phi) is 17.5. The number of guanidine groups is 2. The van der Waals surface area contributed by atoms with E-state index in [0.717, 1.165) is 4.90 Å². The molecule has 18 N–H and O–H groups in total. The van der Waals surface area contributed by atoms with Crippen LogP contribution in [0.4, 0.5) is 4.39 Å². The van der Waals surface area contributed by atoms with Crippen molar-refractivity contribution in [1.29, 1.82) is 0 Å². The summed E-state index contributed by atoms with van der Waals surface area (Å²) in [6.45, 7) is -2.00. The van der Waals surface area contributed by atoms with Crippen molar-refractivity contribution in [2.75, 3.05) is 32.8 Å². The van der Waals surface area contributed by atoms with Crippen LogP contribution < -0.4 is 48.7 Å². The largest absolute Gasteiger partial charge is 0.436 e. The van der Waals surface area contributed by atoms with Crippen molar-refractivity contribution in [3.63, 3.8) is 0 Å². The lowest BCUT2D eigenvalue weighted by Gasteiger charge is -2.46. The third-order valence-electron chi connectivity index (χ3n) is 13.9. The molecule has 2 saturated heterocycles. The standard InChI is InChI=1S/C49H60FN13O15/c1-20(22-6-3-2-4-7-22)33-43(74)56-26(12-21-10-11-25-30(13-21)77-46(58-25)23-8-5-9-24(50)14-23)42(73)61-34(36(67)27-15-54-48(51)59-27)45(76)62-35(44(75)57-28(18-64)41(72)53-17-32(66)60-33)37(68)29-16-55-49(52)63(29)47-40(71)39(70)38(69)31(19-65)78-47/h2-11,13-14,20,26-29,31,33-40,47,64-65,67-71H,12,15-19H2,1H3,(H2,52,55)(H,53,72)(H,56,74)(H,57,75)(H,60,66)(H,61,73)(H,62,76)(H3,51,54,59)/t20-,26+,27-,28-,29-,31+,33-,34-,35+,36+,37-,38+,39-,40-,47-/m0/s1. The number of ether oxygens (including phenoxy) is 1. The van der Waals surface area contributed by atoms with Crippen LogP contribution in [0, 0.1) is 5.82 Å². The molecule has 6 amide bonds. The Morgan fingerprint density at radius 1 is 0.718 bits per heavy atom. The number of hydrogen-bond donors (Lipinski definition) is 16. The van der Waals surface area contributed by atoms with Crippen LogP contribution in [-0.2, 0) is 39.9 Å². The van der Waals surface area contributed by atoms with Gasteiger partial charge in [-0.15, -0.1) is 0 Å². The van der Waals surface area contributed by atoms with Crippen LogP contribution in [0.3, 0.4) is 0 Å². The van der Waals surface area contributed by atoms with Gasteiger partial charge in [-0.3, -0.25) is 38.8 Å². The quantitative estimate of drug-likeness (QED) is 0.0627. The summed E-state index contributed by atoms with van der Waals surface area (Å²) in [5.74, 6) is -8.87. The zero-order chi connectivity index (χ0) is 56.1. The minimum absolute atomic E-state index is 0.0658. The maximum atomic E-state index is 15.0. The zero-order valence-corrected chi connectivity index (χ0v) is 41.5. The first-order valence-electron chi connectivity index (χ1n) is 24.7. The molecule has 28 nitrogen and oxygen atoms in total. The molecule has 15 atom stereocenters. The number of hydrogen-bond acceptors (Lipinski definition) is 22. The summed E-state index contributed by atoms with van der Waals surface area (Å²) in [6.07, 6.45) is -13.7. The highest BCUT2D eigenvalue weighted by molar-refractivity contribution is 5.98. The lowest BCUT2D eigenvalue weighted by atomic mass is 9.92. The minimum Gasteiger partial charge on any atom is -0.436 e. The van der Waals surface area contributed by atoms with E-state index in [1.165, 1.54) is 24.3 Å². The van der Waals surface area contributed by atoms with E-state index in [0.29, 0.717) is 22.2 Å². The van der Waals surface area contributed by atoms with Gasteiger partial charge in [0, 0.05) is 17.9 Å². The third-order valence-corrected chi connectivity index (χ3v) is 13.9. The number of nitrogens with zero attached hydrogens (tertiary/aromatic N) is 4. The van der Waals surface area contributed by atoms with Crippen molar-refractivity contribution in [2.45, 2.75) is 104 Å². The SMILES string of the molecule is C[C@@H](c1ccccc1)[C@@H]1NC(=O)CNC(=O)[C@H](CO)NC(=O)[C@@H]([C@@H](O)[C@@H]2CN=C(N)N2[C@H]2O[C@H](CO)[C@@H](O)[C@H](O)[C@@H]2O)NC(=O)[C@H]([C@H](O)[C@@H]2CN=C(N)N2)NC(=O)[C@@H](Cc2ccc3nc(-c4cccc(F)c4)oc3c2)NC1=O. The highest BCUT2D eigenvalue weighted by Crippen LogP contribution is 2.30. The second-order valence-corrected chi connectivity index (χ2v) is 19.1. The number of carbonyl (C=O) groups excluding carboxylic acids is 6. The second kappa shape index (κ2) is 24.2. The van der Waals surface area contributed by atoms with Gasteiger partial charge in [-0.1, -0.05) is 49.4 Å². The van der Waals surface area contributed by atoms with Crippen LogP contribution in [0.15, 0.2) is 87.2 Å². The Morgan fingerprint density at radius 3 is 2.10 bits per heavy atom. The Hall–Kier alpha value is -7.90. The Labute approximate surface area is 442 Å². The van der Waals surface area contributed by atoms with Crippen LogP contribution in [0.5, 0.6) is 0 Å². The Balaban J connectivity index is 1.18. The number of aliphatic imine (C=N–C) groups is 2. The molecule has 418 valence electrons. The fourth-order valence-electron chi connectivity index (χ4n) is 9.55. The molecule has 29 heteroatoms. The van der Waals surface area contributed by atoms with Gasteiger partial charge < -0.3 is 98.5 Å². The summed E-state index contributed by atoms with van der Waals surface area (Å²) in [4.78, 5) is 100. The predicted octanol–water partition coefficient (Wildman–Crippen LogP) is -6.67.